The maximum absolute atomic E-state index is 13.3. The molecule has 2 aromatic carbocycles. The third-order valence-electron chi connectivity index (χ3n) is 3.35. The summed E-state index contributed by atoms with van der Waals surface area (Å²) in [7, 11) is 1.60. The van der Waals surface area contributed by atoms with Crippen LogP contribution < -0.4 is 5.32 Å². The van der Waals surface area contributed by atoms with E-state index in [0.29, 0.717) is 11.3 Å². The highest BCUT2D eigenvalue weighted by Crippen LogP contribution is 2.21. The Morgan fingerprint density at radius 1 is 1.10 bits per heavy atom. The normalized spacial score (nSPS) is 11.8. The zero-order valence-corrected chi connectivity index (χ0v) is 11.8. The van der Waals surface area contributed by atoms with Crippen LogP contribution in [0.25, 0.3) is 0 Å². The minimum Gasteiger partial charge on any atom is -0.321 e. The summed E-state index contributed by atoms with van der Waals surface area (Å²) in [6, 6.07) is 11.9. The molecule has 0 saturated heterocycles. The molecule has 0 spiro atoms. The Morgan fingerprint density at radius 2 is 1.76 bits per heavy atom. The van der Waals surface area contributed by atoms with Crippen molar-refractivity contribution >= 4 is 11.7 Å². The second-order valence-corrected chi connectivity index (χ2v) is 4.76. The largest absolute Gasteiger partial charge is 0.322 e. The zero-order valence-electron chi connectivity index (χ0n) is 11.8. The van der Waals surface area contributed by atoms with Crippen LogP contribution in [0, 0.1) is 11.6 Å². The van der Waals surface area contributed by atoms with E-state index in [1.54, 1.807) is 26.1 Å². The van der Waals surface area contributed by atoms with Gasteiger partial charge in [0, 0.05) is 12.7 Å². The van der Waals surface area contributed by atoms with Crippen LogP contribution in [0.1, 0.15) is 18.5 Å². The van der Waals surface area contributed by atoms with Gasteiger partial charge < -0.3 is 10.2 Å². The molecular weight excluding hydrogens is 274 g/mol. The third-order valence-corrected chi connectivity index (χ3v) is 3.35. The first kappa shape index (κ1) is 15.0. The van der Waals surface area contributed by atoms with Crippen LogP contribution in [0.2, 0.25) is 0 Å². The molecule has 0 aliphatic carbocycles. The standard InChI is InChI=1S/C16H16F2N2O/c1-11(12-8-9-14(17)15(18)10-12)20(2)16(21)19-13-6-4-3-5-7-13/h3-11H,1-2H3,(H,19,21). The predicted octanol–water partition coefficient (Wildman–Crippen LogP) is 4.19. The van der Waals surface area contributed by atoms with Crippen molar-refractivity contribution in [3.63, 3.8) is 0 Å². The molecule has 0 saturated carbocycles. The van der Waals surface area contributed by atoms with E-state index in [1.165, 1.54) is 11.0 Å². The van der Waals surface area contributed by atoms with Gasteiger partial charge in [-0.15, -0.1) is 0 Å². The summed E-state index contributed by atoms with van der Waals surface area (Å²) in [5.74, 6) is -1.82. The molecule has 5 heteroatoms. The Kier molecular flexibility index (Phi) is 4.52. The fourth-order valence-electron chi connectivity index (χ4n) is 1.90. The molecule has 0 fully saturated rings. The highest BCUT2D eigenvalue weighted by atomic mass is 19.2. The highest BCUT2D eigenvalue weighted by molar-refractivity contribution is 5.89. The molecule has 0 radical (unpaired) electrons. The SMILES string of the molecule is CC(c1ccc(F)c(F)c1)N(C)C(=O)Nc1ccccc1. The maximum Gasteiger partial charge on any atom is 0.322 e. The molecule has 2 aromatic rings. The van der Waals surface area contributed by atoms with Crippen LogP contribution in [0.15, 0.2) is 48.5 Å². The van der Waals surface area contributed by atoms with Gasteiger partial charge in [-0.2, -0.15) is 0 Å². The number of urea groups is 1. The first-order valence-corrected chi connectivity index (χ1v) is 6.53. The summed E-state index contributed by atoms with van der Waals surface area (Å²) in [6.07, 6.45) is 0. The average Bonchev–Trinajstić information content (AvgIpc) is 2.49. The van der Waals surface area contributed by atoms with E-state index in [-0.39, 0.29) is 12.1 Å². The number of hydrogen-bond acceptors (Lipinski definition) is 1. The van der Waals surface area contributed by atoms with Crippen LogP contribution in [0.3, 0.4) is 0 Å². The van der Waals surface area contributed by atoms with E-state index in [0.717, 1.165) is 12.1 Å². The molecule has 0 heterocycles. The van der Waals surface area contributed by atoms with Crippen molar-refractivity contribution in [2.75, 3.05) is 12.4 Å². The maximum atomic E-state index is 13.3. The van der Waals surface area contributed by atoms with E-state index < -0.39 is 11.6 Å². The summed E-state index contributed by atoms with van der Waals surface area (Å²) in [5.41, 5.74) is 1.20. The van der Waals surface area contributed by atoms with E-state index in [2.05, 4.69) is 5.32 Å². The molecule has 1 unspecified atom stereocenters. The average molecular weight is 290 g/mol. The highest BCUT2D eigenvalue weighted by Gasteiger charge is 2.18. The molecule has 1 N–H and O–H groups in total. The van der Waals surface area contributed by atoms with Crippen molar-refractivity contribution in [1.82, 2.24) is 4.90 Å². The molecule has 0 aliphatic heterocycles. The summed E-state index contributed by atoms with van der Waals surface area (Å²) in [5, 5.41) is 2.74. The van der Waals surface area contributed by atoms with Crippen LogP contribution in [-0.2, 0) is 0 Å². The number of benzene rings is 2. The van der Waals surface area contributed by atoms with E-state index in [1.807, 2.05) is 18.2 Å². The monoisotopic (exact) mass is 290 g/mol. The van der Waals surface area contributed by atoms with Crippen LogP contribution in [0.4, 0.5) is 19.3 Å². The van der Waals surface area contributed by atoms with Gasteiger partial charge in [0.1, 0.15) is 0 Å². The van der Waals surface area contributed by atoms with Gasteiger partial charge in [-0.25, -0.2) is 13.6 Å². The third kappa shape index (κ3) is 3.56. The Balaban J connectivity index is 2.09. The Bertz CT molecular complexity index is 631. The van der Waals surface area contributed by atoms with Crippen molar-refractivity contribution < 1.29 is 13.6 Å². The minimum absolute atomic E-state index is 0.321. The van der Waals surface area contributed by atoms with Gasteiger partial charge in [0.25, 0.3) is 0 Å². The van der Waals surface area contributed by atoms with Gasteiger partial charge in [-0.3, -0.25) is 0 Å². The Labute approximate surface area is 122 Å². The van der Waals surface area contributed by atoms with Gasteiger partial charge in [0.15, 0.2) is 11.6 Å². The lowest BCUT2D eigenvalue weighted by atomic mass is 10.1. The topological polar surface area (TPSA) is 32.3 Å². The first-order chi connectivity index (χ1) is 9.99. The van der Waals surface area contributed by atoms with Crippen molar-refractivity contribution in [3.05, 3.63) is 65.7 Å². The predicted molar refractivity (Wildman–Crippen MR) is 78.0 cm³/mol. The summed E-state index contributed by atoms with van der Waals surface area (Å²) >= 11 is 0. The Hall–Kier alpha value is -2.43. The summed E-state index contributed by atoms with van der Waals surface area (Å²) < 4.78 is 26.2. The van der Waals surface area contributed by atoms with Crippen molar-refractivity contribution in [1.29, 1.82) is 0 Å². The Morgan fingerprint density at radius 3 is 2.38 bits per heavy atom. The molecule has 1 atom stereocenters. The van der Waals surface area contributed by atoms with Gasteiger partial charge in [0.2, 0.25) is 0 Å². The van der Waals surface area contributed by atoms with E-state index >= 15 is 0 Å². The van der Waals surface area contributed by atoms with Gasteiger partial charge in [-0.05, 0) is 36.8 Å². The second kappa shape index (κ2) is 6.35. The smallest absolute Gasteiger partial charge is 0.321 e. The number of nitrogens with one attached hydrogen (secondary N) is 1. The quantitative estimate of drug-likeness (QED) is 0.903. The summed E-state index contributed by atoms with van der Waals surface area (Å²) in [4.78, 5) is 13.6. The van der Waals surface area contributed by atoms with Gasteiger partial charge in [0.05, 0.1) is 6.04 Å². The number of carbonyl (C=O) groups excluding carboxylic acids is 1. The molecule has 3 nitrogen and oxygen atoms in total. The summed E-state index contributed by atoms with van der Waals surface area (Å²) in [6.45, 7) is 1.75. The van der Waals surface area contributed by atoms with Crippen molar-refractivity contribution in [3.8, 4) is 0 Å². The lowest BCUT2D eigenvalue weighted by Gasteiger charge is -2.25. The zero-order chi connectivity index (χ0) is 15.4. The lowest BCUT2D eigenvalue weighted by molar-refractivity contribution is 0.208. The molecule has 2 amide bonds. The number of para-hydroxylation sites is 1. The fourth-order valence-corrected chi connectivity index (χ4v) is 1.90. The molecule has 2 rings (SSSR count). The number of halogens is 2. The van der Waals surface area contributed by atoms with Crippen molar-refractivity contribution in [2.24, 2.45) is 0 Å². The van der Waals surface area contributed by atoms with Gasteiger partial charge >= 0.3 is 6.03 Å². The van der Waals surface area contributed by atoms with E-state index in [4.69, 9.17) is 0 Å². The number of amides is 2. The van der Waals surface area contributed by atoms with Crippen LogP contribution >= 0.6 is 0 Å². The number of rotatable bonds is 3. The second-order valence-electron chi connectivity index (χ2n) is 4.76. The molecule has 21 heavy (non-hydrogen) atoms. The molecule has 0 bridgehead atoms. The van der Waals surface area contributed by atoms with Crippen molar-refractivity contribution in [2.45, 2.75) is 13.0 Å². The minimum atomic E-state index is -0.920. The number of nitrogens with zero attached hydrogens (tertiary/aromatic N) is 1. The first-order valence-electron chi connectivity index (χ1n) is 6.53. The molecule has 110 valence electrons. The van der Waals surface area contributed by atoms with E-state index in [9.17, 15) is 13.6 Å². The number of anilines is 1. The van der Waals surface area contributed by atoms with Crippen LogP contribution in [-0.4, -0.2) is 18.0 Å². The fraction of sp³-hybridized carbons (Fsp3) is 0.188. The number of carbonyl (C=O) groups is 1. The number of hydrogen-bond donors (Lipinski definition) is 1. The molecule has 0 aromatic heterocycles. The molecular formula is C16H16F2N2O. The molecule has 0 aliphatic rings. The van der Waals surface area contributed by atoms with Crippen LogP contribution in [0.5, 0.6) is 0 Å². The van der Waals surface area contributed by atoms with Gasteiger partial charge in [-0.1, -0.05) is 24.3 Å². The lowest BCUT2D eigenvalue weighted by Crippen LogP contribution is -2.33.